The third-order valence-corrected chi connectivity index (χ3v) is 3.64. The largest absolute Gasteiger partial charge is 0.478 e. The number of nitrogens with zero attached hydrogens (tertiary/aromatic N) is 3. The van der Waals surface area contributed by atoms with Gasteiger partial charge in [0.2, 0.25) is 0 Å². The fourth-order valence-corrected chi connectivity index (χ4v) is 2.46. The van der Waals surface area contributed by atoms with Gasteiger partial charge in [-0.2, -0.15) is 0 Å². The summed E-state index contributed by atoms with van der Waals surface area (Å²) in [7, 11) is 0. The van der Waals surface area contributed by atoms with Crippen molar-refractivity contribution < 1.29 is 14.6 Å². The van der Waals surface area contributed by atoms with Gasteiger partial charge >= 0.3 is 5.97 Å². The van der Waals surface area contributed by atoms with Gasteiger partial charge in [-0.3, -0.25) is 4.90 Å². The highest BCUT2D eigenvalue weighted by molar-refractivity contribution is 5.95. The molecule has 2 heterocycles. The molecular formula is C16H17N3O3. The normalized spacial score (nSPS) is 15.6. The van der Waals surface area contributed by atoms with Crippen molar-refractivity contribution in [3.05, 3.63) is 48.0 Å². The van der Waals surface area contributed by atoms with Crippen LogP contribution in [0, 0.1) is 0 Å². The summed E-state index contributed by atoms with van der Waals surface area (Å²) in [6, 6.07) is 6.87. The minimum Gasteiger partial charge on any atom is -0.478 e. The zero-order valence-electron chi connectivity index (χ0n) is 12.1. The standard InChI is InChI=1S/C16H17N3O3/c20-16(21)14-4-2-1-3-13(14)12-9-17-15(18-10-12)11-19-5-7-22-8-6-19/h1-4,9-10H,5-8,11H2,(H,20,21). The van der Waals surface area contributed by atoms with E-state index in [4.69, 9.17) is 4.74 Å². The van der Waals surface area contributed by atoms with Gasteiger partial charge in [-0.25, -0.2) is 14.8 Å². The lowest BCUT2D eigenvalue weighted by Crippen LogP contribution is -2.36. The van der Waals surface area contributed by atoms with Gasteiger partial charge in [0.05, 0.1) is 25.3 Å². The molecule has 0 aliphatic carbocycles. The molecule has 0 radical (unpaired) electrons. The zero-order chi connectivity index (χ0) is 15.4. The van der Waals surface area contributed by atoms with Crippen LogP contribution in [0.4, 0.5) is 0 Å². The van der Waals surface area contributed by atoms with E-state index in [1.54, 1.807) is 30.6 Å². The Kier molecular flexibility index (Phi) is 4.41. The molecule has 0 spiro atoms. The molecule has 6 nitrogen and oxygen atoms in total. The first-order valence-electron chi connectivity index (χ1n) is 7.18. The van der Waals surface area contributed by atoms with Gasteiger partial charge in [-0.05, 0) is 11.6 Å². The summed E-state index contributed by atoms with van der Waals surface area (Å²) in [4.78, 5) is 22.2. The van der Waals surface area contributed by atoms with E-state index in [1.807, 2.05) is 6.07 Å². The van der Waals surface area contributed by atoms with Gasteiger partial charge in [-0.15, -0.1) is 0 Å². The number of hydrogen-bond acceptors (Lipinski definition) is 5. The quantitative estimate of drug-likeness (QED) is 0.925. The molecule has 0 saturated carbocycles. The van der Waals surface area contributed by atoms with Crippen molar-refractivity contribution in [3.63, 3.8) is 0 Å². The first-order chi connectivity index (χ1) is 10.7. The predicted octanol–water partition coefficient (Wildman–Crippen LogP) is 1.67. The van der Waals surface area contributed by atoms with E-state index < -0.39 is 5.97 Å². The average molecular weight is 299 g/mol. The summed E-state index contributed by atoms with van der Waals surface area (Å²) in [5, 5.41) is 9.24. The second kappa shape index (κ2) is 6.64. The summed E-state index contributed by atoms with van der Waals surface area (Å²) in [5.41, 5.74) is 1.60. The fraction of sp³-hybridized carbons (Fsp3) is 0.312. The maximum atomic E-state index is 11.3. The number of rotatable bonds is 4. The fourth-order valence-electron chi connectivity index (χ4n) is 2.46. The van der Waals surface area contributed by atoms with Gasteiger partial charge in [0.25, 0.3) is 0 Å². The molecule has 3 rings (SSSR count). The number of hydrogen-bond donors (Lipinski definition) is 1. The second-order valence-corrected chi connectivity index (χ2v) is 5.13. The van der Waals surface area contributed by atoms with Crippen LogP contribution in [0.5, 0.6) is 0 Å². The van der Waals surface area contributed by atoms with Gasteiger partial charge in [0.1, 0.15) is 5.82 Å². The molecule has 1 aliphatic rings. The van der Waals surface area contributed by atoms with E-state index in [0.29, 0.717) is 17.7 Å². The minimum absolute atomic E-state index is 0.257. The number of aromatic nitrogens is 2. The van der Waals surface area contributed by atoms with Crippen molar-refractivity contribution in [1.82, 2.24) is 14.9 Å². The molecule has 1 saturated heterocycles. The lowest BCUT2D eigenvalue weighted by atomic mass is 10.0. The van der Waals surface area contributed by atoms with Crippen molar-refractivity contribution in [2.45, 2.75) is 6.54 Å². The summed E-state index contributed by atoms with van der Waals surface area (Å²) >= 11 is 0. The van der Waals surface area contributed by atoms with Gasteiger partial charge in [-0.1, -0.05) is 18.2 Å². The Hall–Kier alpha value is -2.31. The van der Waals surface area contributed by atoms with Crippen LogP contribution in [0.1, 0.15) is 16.2 Å². The maximum absolute atomic E-state index is 11.3. The highest BCUT2D eigenvalue weighted by Crippen LogP contribution is 2.22. The number of ether oxygens (including phenoxy) is 1. The number of carbonyl (C=O) groups is 1. The number of carboxylic acids is 1. The monoisotopic (exact) mass is 299 g/mol. The Morgan fingerprint density at radius 1 is 1.18 bits per heavy atom. The molecule has 0 atom stereocenters. The lowest BCUT2D eigenvalue weighted by molar-refractivity contribution is 0.0330. The zero-order valence-corrected chi connectivity index (χ0v) is 12.1. The van der Waals surface area contributed by atoms with Crippen molar-refractivity contribution in [2.75, 3.05) is 26.3 Å². The lowest BCUT2D eigenvalue weighted by Gasteiger charge is -2.25. The molecule has 6 heteroatoms. The van der Waals surface area contributed by atoms with E-state index in [2.05, 4.69) is 14.9 Å². The van der Waals surface area contributed by atoms with Gasteiger partial charge < -0.3 is 9.84 Å². The molecule has 2 aromatic rings. The Morgan fingerprint density at radius 2 is 1.86 bits per heavy atom. The Labute approximate surface area is 128 Å². The second-order valence-electron chi connectivity index (χ2n) is 5.13. The van der Waals surface area contributed by atoms with E-state index in [0.717, 1.165) is 32.1 Å². The number of morpholine rings is 1. The molecule has 0 unspecified atom stereocenters. The topological polar surface area (TPSA) is 75.5 Å². The van der Waals surface area contributed by atoms with Crippen LogP contribution in [-0.2, 0) is 11.3 Å². The predicted molar refractivity (Wildman–Crippen MR) is 80.5 cm³/mol. The van der Waals surface area contributed by atoms with Crippen LogP contribution in [0.2, 0.25) is 0 Å². The molecule has 1 aromatic heterocycles. The van der Waals surface area contributed by atoms with E-state index in [-0.39, 0.29) is 5.56 Å². The molecule has 1 aromatic carbocycles. The first kappa shape index (κ1) is 14.6. The summed E-state index contributed by atoms with van der Waals surface area (Å²) < 4.78 is 5.31. The summed E-state index contributed by atoms with van der Waals surface area (Å²) in [5.74, 6) is -0.216. The van der Waals surface area contributed by atoms with Crippen LogP contribution in [0.3, 0.4) is 0 Å². The van der Waals surface area contributed by atoms with Crippen molar-refractivity contribution >= 4 is 5.97 Å². The van der Waals surface area contributed by atoms with Gasteiger partial charge in [0, 0.05) is 31.0 Å². The first-order valence-corrected chi connectivity index (χ1v) is 7.18. The summed E-state index contributed by atoms with van der Waals surface area (Å²) in [6.45, 7) is 3.93. The number of aromatic carboxylic acids is 1. The van der Waals surface area contributed by atoms with Crippen molar-refractivity contribution in [3.8, 4) is 11.1 Å². The van der Waals surface area contributed by atoms with Crippen LogP contribution >= 0.6 is 0 Å². The van der Waals surface area contributed by atoms with Crippen LogP contribution in [0.15, 0.2) is 36.7 Å². The molecular weight excluding hydrogens is 282 g/mol. The molecule has 0 bridgehead atoms. The molecule has 1 aliphatic heterocycles. The number of carboxylic acid groups (broad SMARTS) is 1. The molecule has 114 valence electrons. The van der Waals surface area contributed by atoms with Crippen LogP contribution in [0.25, 0.3) is 11.1 Å². The third kappa shape index (κ3) is 3.29. The Morgan fingerprint density at radius 3 is 2.55 bits per heavy atom. The number of benzene rings is 1. The Balaban J connectivity index is 1.78. The molecule has 0 amide bonds. The van der Waals surface area contributed by atoms with Crippen molar-refractivity contribution in [2.24, 2.45) is 0 Å². The van der Waals surface area contributed by atoms with Gasteiger partial charge in [0.15, 0.2) is 0 Å². The maximum Gasteiger partial charge on any atom is 0.336 e. The third-order valence-electron chi connectivity index (χ3n) is 3.64. The minimum atomic E-state index is -0.951. The van der Waals surface area contributed by atoms with Crippen LogP contribution in [-0.4, -0.2) is 52.2 Å². The summed E-state index contributed by atoms with van der Waals surface area (Å²) in [6.07, 6.45) is 3.37. The van der Waals surface area contributed by atoms with Crippen LogP contribution < -0.4 is 0 Å². The highest BCUT2D eigenvalue weighted by Gasteiger charge is 2.14. The molecule has 22 heavy (non-hydrogen) atoms. The average Bonchev–Trinajstić information content (AvgIpc) is 2.56. The smallest absolute Gasteiger partial charge is 0.336 e. The molecule has 1 fully saturated rings. The Bertz CT molecular complexity index is 652. The van der Waals surface area contributed by atoms with E-state index in [9.17, 15) is 9.90 Å². The molecule has 1 N–H and O–H groups in total. The van der Waals surface area contributed by atoms with Crippen molar-refractivity contribution in [1.29, 1.82) is 0 Å². The van der Waals surface area contributed by atoms with E-state index in [1.165, 1.54) is 0 Å². The SMILES string of the molecule is O=C(O)c1ccccc1-c1cnc(CN2CCOCC2)nc1. The highest BCUT2D eigenvalue weighted by atomic mass is 16.5. The van der Waals surface area contributed by atoms with E-state index >= 15 is 0 Å².